The van der Waals surface area contributed by atoms with Crippen molar-refractivity contribution in [2.45, 2.75) is 18.9 Å². The first-order valence-electron chi connectivity index (χ1n) is 7.58. The summed E-state index contributed by atoms with van der Waals surface area (Å²) in [6, 6.07) is 1.73. The van der Waals surface area contributed by atoms with E-state index >= 15 is 0 Å². The second kappa shape index (κ2) is 6.49. The van der Waals surface area contributed by atoms with Gasteiger partial charge in [-0.15, -0.1) is 0 Å². The Kier molecular flexibility index (Phi) is 4.45. The molecular weight excluding hydrogens is 268 g/mol. The lowest BCUT2D eigenvalue weighted by molar-refractivity contribution is -0.0331. The fraction of sp³-hybridized carbons (Fsp3) is 0.667. The minimum absolute atomic E-state index is 0.0358. The van der Waals surface area contributed by atoms with Crippen molar-refractivity contribution in [3.8, 4) is 0 Å². The molecular formula is C15H22N4O2. The highest BCUT2D eigenvalue weighted by atomic mass is 16.5. The van der Waals surface area contributed by atoms with Crippen LogP contribution in [0.5, 0.6) is 0 Å². The molecule has 2 fully saturated rings. The van der Waals surface area contributed by atoms with Crippen molar-refractivity contribution in [3.05, 3.63) is 24.0 Å². The van der Waals surface area contributed by atoms with Gasteiger partial charge in [-0.25, -0.2) is 0 Å². The number of likely N-dealkylation sites (N-methyl/N-ethyl adjacent to an activating group) is 1. The van der Waals surface area contributed by atoms with E-state index in [0.717, 1.165) is 26.2 Å². The van der Waals surface area contributed by atoms with Crippen LogP contribution in [-0.2, 0) is 4.74 Å². The Hall–Kier alpha value is -1.53. The van der Waals surface area contributed by atoms with Gasteiger partial charge in [0.25, 0.3) is 5.91 Å². The number of hydrogen-bond acceptors (Lipinski definition) is 5. The largest absolute Gasteiger partial charge is 0.374 e. The molecule has 3 rings (SSSR count). The third-order valence-electron chi connectivity index (χ3n) is 4.06. The lowest BCUT2D eigenvalue weighted by Gasteiger charge is -2.34. The minimum atomic E-state index is 0.0358. The van der Waals surface area contributed by atoms with Crippen LogP contribution in [0.1, 0.15) is 23.2 Å². The van der Waals surface area contributed by atoms with E-state index < -0.39 is 0 Å². The standard InChI is InChI=1S/C15H22N4O2/c1-18-6-7-21-14(10-18)11-19(9-12-2-3-12)15(20)13-4-5-16-17-8-13/h4-5,8,12,14H,2-3,6-7,9-11H2,1H3. The maximum Gasteiger partial charge on any atom is 0.255 e. The van der Waals surface area contributed by atoms with Gasteiger partial charge in [-0.1, -0.05) is 0 Å². The summed E-state index contributed by atoms with van der Waals surface area (Å²) in [5.41, 5.74) is 0.606. The quantitative estimate of drug-likeness (QED) is 0.797. The van der Waals surface area contributed by atoms with Crippen LogP contribution in [0.25, 0.3) is 0 Å². The Morgan fingerprint density at radius 2 is 2.29 bits per heavy atom. The molecule has 6 nitrogen and oxygen atoms in total. The SMILES string of the molecule is CN1CCOC(CN(CC2CC2)C(=O)c2ccnnc2)C1. The molecule has 0 spiro atoms. The van der Waals surface area contributed by atoms with Crippen molar-refractivity contribution in [2.75, 3.05) is 39.8 Å². The Morgan fingerprint density at radius 1 is 1.43 bits per heavy atom. The van der Waals surface area contributed by atoms with Crippen molar-refractivity contribution < 1.29 is 9.53 Å². The van der Waals surface area contributed by atoms with Gasteiger partial charge in [0.05, 0.1) is 30.7 Å². The van der Waals surface area contributed by atoms with Crippen molar-refractivity contribution in [1.29, 1.82) is 0 Å². The van der Waals surface area contributed by atoms with Gasteiger partial charge >= 0.3 is 0 Å². The lowest BCUT2D eigenvalue weighted by atomic mass is 10.2. The Bertz CT molecular complexity index is 478. The fourth-order valence-electron chi connectivity index (χ4n) is 2.68. The predicted molar refractivity (Wildman–Crippen MR) is 77.9 cm³/mol. The van der Waals surface area contributed by atoms with Crippen molar-refractivity contribution in [2.24, 2.45) is 5.92 Å². The lowest BCUT2D eigenvalue weighted by Crippen LogP contribution is -2.48. The molecule has 1 aromatic heterocycles. The molecule has 0 bridgehead atoms. The highest BCUT2D eigenvalue weighted by Crippen LogP contribution is 2.30. The number of rotatable bonds is 5. The molecule has 0 aromatic carbocycles. The van der Waals surface area contributed by atoms with E-state index in [0.29, 0.717) is 18.0 Å². The molecule has 1 aliphatic carbocycles. The summed E-state index contributed by atoms with van der Waals surface area (Å²) in [6.45, 7) is 4.06. The van der Waals surface area contributed by atoms with Crippen molar-refractivity contribution in [3.63, 3.8) is 0 Å². The summed E-state index contributed by atoms with van der Waals surface area (Å²) < 4.78 is 5.80. The van der Waals surface area contributed by atoms with Gasteiger partial charge in [-0.05, 0) is 31.9 Å². The Labute approximate surface area is 125 Å². The van der Waals surface area contributed by atoms with E-state index in [1.165, 1.54) is 19.0 Å². The zero-order valence-corrected chi connectivity index (χ0v) is 12.4. The van der Waals surface area contributed by atoms with Gasteiger partial charge in [0.1, 0.15) is 0 Å². The van der Waals surface area contributed by atoms with Crippen LogP contribution in [0.15, 0.2) is 18.5 Å². The molecule has 1 saturated heterocycles. The fourth-order valence-corrected chi connectivity index (χ4v) is 2.68. The van der Waals surface area contributed by atoms with Crippen molar-refractivity contribution in [1.82, 2.24) is 20.0 Å². The second-order valence-electron chi connectivity index (χ2n) is 6.04. The van der Waals surface area contributed by atoms with Gasteiger partial charge in [-0.2, -0.15) is 10.2 Å². The maximum atomic E-state index is 12.7. The number of nitrogens with zero attached hydrogens (tertiary/aromatic N) is 4. The topological polar surface area (TPSA) is 58.6 Å². The number of morpholine rings is 1. The number of hydrogen-bond donors (Lipinski definition) is 0. The number of carbonyl (C=O) groups excluding carboxylic acids is 1. The molecule has 1 aromatic rings. The van der Waals surface area contributed by atoms with Crippen LogP contribution in [0, 0.1) is 5.92 Å². The molecule has 114 valence electrons. The summed E-state index contributed by atoms with van der Waals surface area (Å²) >= 11 is 0. The van der Waals surface area contributed by atoms with Gasteiger partial charge in [0.2, 0.25) is 0 Å². The molecule has 21 heavy (non-hydrogen) atoms. The highest BCUT2D eigenvalue weighted by molar-refractivity contribution is 5.93. The molecule has 1 atom stereocenters. The molecule has 6 heteroatoms. The number of amides is 1. The Morgan fingerprint density at radius 3 is 2.95 bits per heavy atom. The Balaban J connectivity index is 1.66. The average molecular weight is 290 g/mol. The van der Waals surface area contributed by atoms with E-state index in [1.807, 2.05) is 4.90 Å². The first kappa shape index (κ1) is 14.4. The number of ether oxygens (including phenoxy) is 1. The normalized spacial score (nSPS) is 23.0. The van der Waals surface area contributed by atoms with Crippen LogP contribution in [-0.4, -0.2) is 71.8 Å². The second-order valence-corrected chi connectivity index (χ2v) is 6.04. The molecule has 2 heterocycles. The van der Waals surface area contributed by atoms with Crippen LogP contribution >= 0.6 is 0 Å². The monoisotopic (exact) mass is 290 g/mol. The average Bonchev–Trinajstić information content (AvgIpc) is 3.31. The highest BCUT2D eigenvalue weighted by Gasteiger charge is 2.30. The van der Waals surface area contributed by atoms with Gasteiger partial charge in [0, 0.05) is 26.2 Å². The molecule has 0 N–H and O–H groups in total. The van der Waals surface area contributed by atoms with Gasteiger partial charge in [0.15, 0.2) is 0 Å². The van der Waals surface area contributed by atoms with Crippen LogP contribution in [0.2, 0.25) is 0 Å². The van der Waals surface area contributed by atoms with E-state index in [4.69, 9.17) is 4.74 Å². The summed E-state index contributed by atoms with van der Waals surface area (Å²) in [4.78, 5) is 16.8. The van der Waals surface area contributed by atoms with E-state index in [-0.39, 0.29) is 12.0 Å². The number of aromatic nitrogens is 2. The first-order valence-corrected chi connectivity index (χ1v) is 7.58. The van der Waals surface area contributed by atoms with Crippen molar-refractivity contribution >= 4 is 5.91 Å². The summed E-state index contributed by atoms with van der Waals surface area (Å²) in [5, 5.41) is 7.54. The van der Waals surface area contributed by atoms with E-state index in [9.17, 15) is 4.79 Å². The summed E-state index contributed by atoms with van der Waals surface area (Å²) in [6.07, 6.45) is 5.65. The van der Waals surface area contributed by atoms with E-state index in [2.05, 4.69) is 22.1 Å². The zero-order chi connectivity index (χ0) is 14.7. The minimum Gasteiger partial charge on any atom is -0.374 e. The molecule has 1 saturated carbocycles. The predicted octanol–water partition coefficient (Wildman–Crippen LogP) is 0.659. The number of carbonyl (C=O) groups is 1. The molecule has 1 aliphatic heterocycles. The molecule has 0 radical (unpaired) electrons. The van der Waals surface area contributed by atoms with Gasteiger partial charge in [-0.3, -0.25) is 4.79 Å². The smallest absolute Gasteiger partial charge is 0.255 e. The zero-order valence-electron chi connectivity index (χ0n) is 12.4. The molecule has 1 unspecified atom stereocenters. The van der Waals surface area contributed by atoms with E-state index in [1.54, 1.807) is 12.3 Å². The van der Waals surface area contributed by atoms with Crippen LogP contribution < -0.4 is 0 Å². The third kappa shape index (κ3) is 3.98. The summed E-state index contributed by atoms with van der Waals surface area (Å²) in [5.74, 6) is 0.693. The maximum absolute atomic E-state index is 12.7. The molecule has 1 amide bonds. The van der Waals surface area contributed by atoms with Crippen LogP contribution in [0.3, 0.4) is 0 Å². The van der Waals surface area contributed by atoms with Gasteiger partial charge < -0.3 is 14.5 Å². The molecule has 2 aliphatic rings. The summed E-state index contributed by atoms with van der Waals surface area (Å²) in [7, 11) is 2.09. The third-order valence-corrected chi connectivity index (χ3v) is 4.06. The van der Waals surface area contributed by atoms with Crippen LogP contribution in [0.4, 0.5) is 0 Å². The first-order chi connectivity index (χ1) is 10.2.